The highest BCUT2D eigenvalue weighted by Gasteiger charge is 2.18. The van der Waals surface area contributed by atoms with Gasteiger partial charge in [0.25, 0.3) is 0 Å². The van der Waals surface area contributed by atoms with E-state index in [0.717, 1.165) is 37.2 Å². The van der Waals surface area contributed by atoms with Crippen molar-refractivity contribution in [2.75, 3.05) is 18.8 Å². The second-order valence-electron chi connectivity index (χ2n) is 6.95. The summed E-state index contributed by atoms with van der Waals surface area (Å²) < 4.78 is 1.62. The summed E-state index contributed by atoms with van der Waals surface area (Å²) in [5.41, 5.74) is 9.53. The second-order valence-corrected chi connectivity index (χ2v) is 6.95. The number of para-hydroxylation sites is 1. The van der Waals surface area contributed by atoms with Crippen LogP contribution in [0.25, 0.3) is 5.69 Å². The molecule has 1 aromatic heterocycles. The number of nitrogen functional groups attached to an aromatic ring is 1. The molecule has 3 aromatic rings. The topological polar surface area (TPSA) is 101 Å². The van der Waals surface area contributed by atoms with Crippen LogP contribution in [0.5, 0.6) is 0 Å². The molecule has 0 aliphatic carbocycles. The third-order valence-corrected chi connectivity index (χ3v) is 4.97. The molecule has 1 amide bonds. The molecule has 0 atom stereocenters. The molecule has 1 saturated heterocycles. The lowest BCUT2D eigenvalue weighted by molar-refractivity contribution is -0.129. The molecule has 7 heteroatoms. The van der Waals surface area contributed by atoms with Crippen molar-refractivity contribution in [2.24, 2.45) is 0 Å². The summed E-state index contributed by atoms with van der Waals surface area (Å²) in [5, 5.41) is 16.6. The second kappa shape index (κ2) is 7.64. The van der Waals surface area contributed by atoms with Crippen LogP contribution in [-0.2, 0) is 11.2 Å². The number of nitrogens with one attached hydrogen (secondary N) is 1. The molecular weight excluding hydrogens is 352 g/mol. The van der Waals surface area contributed by atoms with Crippen LogP contribution in [0.15, 0.2) is 54.7 Å². The average molecular weight is 374 g/mol. The van der Waals surface area contributed by atoms with E-state index in [9.17, 15) is 4.79 Å². The van der Waals surface area contributed by atoms with Gasteiger partial charge in [0, 0.05) is 24.3 Å². The van der Waals surface area contributed by atoms with E-state index in [2.05, 4.69) is 10.3 Å². The first-order valence-electron chi connectivity index (χ1n) is 9.35. The molecule has 2 aromatic carbocycles. The summed E-state index contributed by atoms with van der Waals surface area (Å²) in [6.07, 6.45) is 4.26. The van der Waals surface area contributed by atoms with Gasteiger partial charge in [-0.15, -0.1) is 5.10 Å². The van der Waals surface area contributed by atoms with Gasteiger partial charge in [0.1, 0.15) is 5.69 Å². The number of amides is 1. The van der Waals surface area contributed by atoms with Gasteiger partial charge in [0.15, 0.2) is 0 Å². The van der Waals surface area contributed by atoms with E-state index in [1.54, 1.807) is 23.0 Å². The first kappa shape index (κ1) is 17.9. The zero-order valence-electron chi connectivity index (χ0n) is 15.5. The maximum atomic E-state index is 12.4. The fourth-order valence-corrected chi connectivity index (χ4v) is 3.43. The highest BCUT2D eigenvalue weighted by Crippen LogP contribution is 2.17. The average Bonchev–Trinajstić information content (AvgIpc) is 3.40. The van der Waals surface area contributed by atoms with Crippen molar-refractivity contribution in [1.29, 1.82) is 5.41 Å². The Labute approximate surface area is 163 Å². The lowest BCUT2D eigenvalue weighted by Gasteiger charge is -2.15. The third kappa shape index (κ3) is 3.64. The Morgan fingerprint density at radius 2 is 1.89 bits per heavy atom. The van der Waals surface area contributed by atoms with Gasteiger partial charge in [-0.25, -0.2) is 4.68 Å². The molecule has 3 N–H and O–H groups in total. The molecule has 0 bridgehead atoms. The highest BCUT2D eigenvalue weighted by atomic mass is 16.2. The van der Waals surface area contributed by atoms with Gasteiger partial charge in [0.2, 0.25) is 5.91 Å². The Morgan fingerprint density at radius 1 is 1.11 bits per heavy atom. The number of hydrogen-bond donors (Lipinski definition) is 2. The van der Waals surface area contributed by atoms with E-state index in [1.165, 1.54) is 0 Å². The number of anilines is 1. The van der Waals surface area contributed by atoms with Gasteiger partial charge >= 0.3 is 0 Å². The molecule has 28 heavy (non-hydrogen) atoms. The molecule has 0 saturated carbocycles. The first-order chi connectivity index (χ1) is 13.6. The van der Waals surface area contributed by atoms with E-state index in [0.29, 0.717) is 23.4 Å². The number of carbonyl (C=O) groups is 1. The van der Waals surface area contributed by atoms with Crippen LogP contribution in [0.4, 0.5) is 5.69 Å². The third-order valence-electron chi connectivity index (χ3n) is 4.97. The van der Waals surface area contributed by atoms with Crippen molar-refractivity contribution >= 4 is 17.3 Å². The van der Waals surface area contributed by atoms with Crippen LogP contribution >= 0.6 is 0 Å². The summed E-state index contributed by atoms with van der Waals surface area (Å²) in [6.45, 7) is 1.71. The van der Waals surface area contributed by atoms with Gasteiger partial charge in [-0.2, -0.15) is 0 Å². The molecule has 1 fully saturated rings. The van der Waals surface area contributed by atoms with Crippen molar-refractivity contribution in [3.8, 4) is 5.69 Å². The Kier molecular flexibility index (Phi) is 4.89. The SMILES string of the molecule is N=C(c1cn(-c2cccc(CC(=O)N3CCCC3)c2)nn1)c1ccccc1N. The standard InChI is InChI=1S/C21H22N6O/c22-18-9-2-1-8-17(18)21(23)19-14-27(25-24-19)16-7-5-6-15(12-16)13-20(28)26-10-3-4-11-26/h1-2,5-9,12,14,23H,3-4,10-11,13,22H2. The minimum atomic E-state index is 0.162. The number of rotatable bonds is 5. The van der Waals surface area contributed by atoms with E-state index in [4.69, 9.17) is 11.1 Å². The Morgan fingerprint density at radius 3 is 2.68 bits per heavy atom. The van der Waals surface area contributed by atoms with E-state index in [-0.39, 0.29) is 11.6 Å². The molecule has 0 radical (unpaired) electrons. The van der Waals surface area contributed by atoms with E-state index >= 15 is 0 Å². The van der Waals surface area contributed by atoms with Crippen molar-refractivity contribution in [3.63, 3.8) is 0 Å². The van der Waals surface area contributed by atoms with Crippen molar-refractivity contribution in [2.45, 2.75) is 19.3 Å². The van der Waals surface area contributed by atoms with Crippen LogP contribution in [0.1, 0.15) is 29.7 Å². The molecule has 7 nitrogen and oxygen atoms in total. The zero-order valence-corrected chi connectivity index (χ0v) is 15.5. The van der Waals surface area contributed by atoms with Crippen LogP contribution in [0.3, 0.4) is 0 Å². The van der Waals surface area contributed by atoms with Crippen LogP contribution in [-0.4, -0.2) is 44.6 Å². The number of nitrogens with zero attached hydrogens (tertiary/aromatic N) is 4. The van der Waals surface area contributed by atoms with Gasteiger partial charge in [-0.1, -0.05) is 35.5 Å². The summed E-state index contributed by atoms with van der Waals surface area (Å²) in [5.74, 6) is 0.162. The lowest BCUT2D eigenvalue weighted by Crippen LogP contribution is -2.29. The molecule has 1 aliphatic rings. The van der Waals surface area contributed by atoms with E-state index in [1.807, 2.05) is 41.3 Å². The predicted molar refractivity (Wildman–Crippen MR) is 108 cm³/mol. The maximum Gasteiger partial charge on any atom is 0.226 e. The molecule has 1 aliphatic heterocycles. The number of aromatic nitrogens is 3. The minimum absolute atomic E-state index is 0.162. The fraction of sp³-hybridized carbons (Fsp3) is 0.238. The monoisotopic (exact) mass is 374 g/mol. The lowest BCUT2D eigenvalue weighted by atomic mass is 10.1. The van der Waals surface area contributed by atoms with Gasteiger partial charge in [0.05, 0.1) is 24.0 Å². The van der Waals surface area contributed by atoms with Gasteiger partial charge in [-0.05, 0) is 36.6 Å². The summed E-state index contributed by atoms with van der Waals surface area (Å²) in [6, 6.07) is 14.9. The molecule has 0 spiro atoms. The number of likely N-dealkylation sites (tertiary alicyclic amines) is 1. The number of carbonyl (C=O) groups excluding carboxylic acids is 1. The number of nitrogens with two attached hydrogens (primary N) is 1. The summed E-state index contributed by atoms with van der Waals surface area (Å²) >= 11 is 0. The zero-order chi connectivity index (χ0) is 19.5. The Hall–Kier alpha value is -3.48. The molecular formula is C21H22N6O. The van der Waals surface area contributed by atoms with E-state index < -0.39 is 0 Å². The van der Waals surface area contributed by atoms with Gasteiger partial charge < -0.3 is 10.6 Å². The quantitative estimate of drug-likeness (QED) is 0.529. The Bertz CT molecular complexity index is 1020. The summed E-state index contributed by atoms with van der Waals surface area (Å²) in [7, 11) is 0. The minimum Gasteiger partial charge on any atom is -0.398 e. The van der Waals surface area contributed by atoms with Gasteiger partial charge in [-0.3, -0.25) is 10.2 Å². The number of hydrogen-bond acceptors (Lipinski definition) is 5. The van der Waals surface area contributed by atoms with Crippen molar-refractivity contribution in [3.05, 3.63) is 71.5 Å². The van der Waals surface area contributed by atoms with Crippen molar-refractivity contribution < 1.29 is 4.79 Å². The number of benzene rings is 2. The first-order valence-corrected chi connectivity index (χ1v) is 9.35. The van der Waals surface area contributed by atoms with Crippen molar-refractivity contribution in [1.82, 2.24) is 19.9 Å². The fourth-order valence-electron chi connectivity index (χ4n) is 3.43. The summed E-state index contributed by atoms with van der Waals surface area (Å²) in [4.78, 5) is 14.3. The van der Waals surface area contributed by atoms with Crippen LogP contribution in [0.2, 0.25) is 0 Å². The van der Waals surface area contributed by atoms with Crippen LogP contribution < -0.4 is 5.73 Å². The smallest absolute Gasteiger partial charge is 0.226 e. The molecule has 0 unspecified atom stereocenters. The maximum absolute atomic E-state index is 12.4. The largest absolute Gasteiger partial charge is 0.398 e. The molecule has 2 heterocycles. The van der Waals surface area contributed by atoms with Crippen LogP contribution in [0, 0.1) is 5.41 Å². The Balaban J connectivity index is 1.53. The molecule has 142 valence electrons. The molecule has 4 rings (SSSR count). The normalized spacial score (nSPS) is 13.6. The predicted octanol–water partition coefficient (Wildman–Crippen LogP) is 2.43. The highest BCUT2D eigenvalue weighted by molar-refractivity contribution is 6.12.